The monoisotopic (exact) mass is 413 g/mol. The average Bonchev–Trinajstić information content (AvgIpc) is 2.73. The lowest BCUT2D eigenvalue weighted by molar-refractivity contribution is -0.131. The van der Waals surface area contributed by atoms with Gasteiger partial charge >= 0.3 is 0 Å². The van der Waals surface area contributed by atoms with Crippen LogP contribution < -0.4 is 10.1 Å². The third-order valence-electron chi connectivity index (χ3n) is 4.79. The Morgan fingerprint density at radius 1 is 1.14 bits per heavy atom. The molecule has 0 saturated carbocycles. The first-order valence-corrected chi connectivity index (χ1v) is 11.2. The van der Waals surface area contributed by atoms with Gasteiger partial charge in [-0.05, 0) is 24.1 Å². The molecule has 1 saturated heterocycles. The molecule has 2 rings (SSSR count). The van der Waals surface area contributed by atoms with E-state index < -0.39 is 10.0 Å². The molecular weight excluding hydrogens is 382 g/mol. The second kappa shape index (κ2) is 11.4. The SMILES string of the molecule is COCCN(CCS(=O)(=O)N1CCNCC1)C(=O)CCc1ccc(OC)cc1. The van der Waals surface area contributed by atoms with Crippen LogP contribution >= 0.6 is 0 Å². The summed E-state index contributed by atoms with van der Waals surface area (Å²) < 4.78 is 36.8. The average molecular weight is 414 g/mol. The second-order valence-electron chi connectivity index (χ2n) is 6.69. The lowest BCUT2D eigenvalue weighted by Gasteiger charge is -2.28. The van der Waals surface area contributed by atoms with Gasteiger partial charge in [0.25, 0.3) is 0 Å². The molecule has 1 aromatic rings. The van der Waals surface area contributed by atoms with Crippen molar-refractivity contribution in [3.63, 3.8) is 0 Å². The molecule has 0 spiro atoms. The fourth-order valence-electron chi connectivity index (χ4n) is 3.04. The molecule has 0 aromatic heterocycles. The molecule has 0 unspecified atom stereocenters. The van der Waals surface area contributed by atoms with Crippen molar-refractivity contribution < 1.29 is 22.7 Å². The molecule has 0 atom stereocenters. The molecule has 8 nitrogen and oxygen atoms in total. The van der Waals surface area contributed by atoms with E-state index in [0.717, 1.165) is 11.3 Å². The standard InChI is InChI=1S/C19H31N3O5S/c1-26-15-13-21(14-16-28(24,25)22-11-9-20-10-12-22)19(23)8-5-17-3-6-18(27-2)7-4-17/h3-4,6-7,20H,5,8-16H2,1-2H3. The van der Waals surface area contributed by atoms with Gasteiger partial charge in [0.1, 0.15) is 5.75 Å². The number of methoxy groups -OCH3 is 2. The molecule has 0 aliphatic carbocycles. The van der Waals surface area contributed by atoms with Crippen molar-refractivity contribution in [1.82, 2.24) is 14.5 Å². The van der Waals surface area contributed by atoms with E-state index in [1.807, 2.05) is 24.3 Å². The van der Waals surface area contributed by atoms with Crippen molar-refractivity contribution in [1.29, 1.82) is 0 Å². The highest BCUT2D eigenvalue weighted by Gasteiger charge is 2.25. The number of ether oxygens (including phenoxy) is 2. The summed E-state index contributed by atoms with van der Waals surface area (Å²) in [6.07, 6.45) is 0.917. The number of amides is 1. The van der Waals surface area contributed by atoms with Crippen LogP contribution in [0.2, 0.25) is 0 Å². The Labute approximate surface area is 167 Å². The van der Waals surface area contributed by atoms with Crippen LogP contribution in [0.3, 0.4) is 0 Å². The van der Waals surface area contributed by atoms with Gasteiger partial charge in [0.2, 0.25) is 15.9 Å². The van der Waals surface area contributed by atoms with E-state index in [0.29, 0.717) is 52.2 Å². The molecule has 0 bridgehead atoms. The molecule has 0 radical (unpaired) electrons. The Bertz CT molecular complexity index is 703. The molecule has 1 aromatic carbocycles. The number of benzene rings is 1. The van der Waals surface area contributed by atoms with Gasteiger partial charge in [-0.2, -0.15) is 4.31 Å². The summed E-state index contributed by atoms with van der Waals surface area (Å²) in [5.41, 5.74) is 1.04. The minimum atomic E-state index is -3.37. The molecule has 9 heteroatoms. The van der Waals surface area contributed by atoms with Gasteiger partial charge in [0.15, 0.2) is 0 Å². The van der Waals surface area contributed by atoms with Gasteiger partial charge in [0, 0.05) is 52.8 Å². The van der Waals surface area contributed by atoms with Gasteiger partial charge in [-0.15, -0.1) is 0 Å². The normalized spacial score (nSPS) is 15.4. The van der Waals surface area contributed by atoms with E-state index in [4.69, 9.17) is 9.47 Å². The summed E-state index contributed by atoms with van der Waals surface area (Å²) in [6.45, 7) is 3.21. The first kappa shape index (κ1) is 22.6. The topological polar surface area (TPSA) is 88.2 Å². The highest BCUT2D eigenvalue weighted by molar-refractivity contribution is 7.89. The number of nitrogens with one attached hydrogen (secondary N) is 1. The fourth-order valence-corrected chi connectivity index (χ4v) is 4.49. The Kier molecular flexibility index (Phi) is 9.17. The lowest BCUT2D eigenvalue weighted by atomic mass is 10.1. The number of nitrogens with zero attached hydrogens (tertiary/aromatic N) is 2. The number of piperazine rings is 1. The molecule has 1 heterocycles. The summed E-state index contributed by atoms with van der Waals surface area (Å²) in [4.78, 5) is 14.3. The first-order valence-electron chi connectivity index (χ1n) is 9.54. The summed E-state index contributed by atoms with van der Waals surface area (Å²) in [5, 5.41) is 3.14. The van der Waals surface area contributed by atoms with Gasteiger partial charge < -0.3 is 19.7 Å². The van der Waals surface area contributed by atoms with Crippen LogP contribution in [0.1, 0.15) is 12.0 Å². The predicted octanol–water partition coefficient (Wildman–Crippen LogP) is 0.338. The Morgan fingerprint density at radius 3 is 2.43 bits per heavy atom. The number of rotatable bonds is 11. The number of aryl methyl sites for hydroxylation is 1. The molecule has 158 valence electrons. The second-order valence-corrected chi connectivity index (χ2v) is 8.78. The van der Waals surface area contributed by atoms with Crippen molar-refractivity contribution in [3.05, 3.63) is 29.8 Å². The molecular formula is C19H31N3O5S. The number of sulfonamides is 1. The van der Waals surface area contributed by atoms with E-state index in [1.54, 1.807) is 19.1 Å². The molecule has 1 aliphatic heterocycles. The number of hydrogen-bond donors (Lipinski definition) is 1. The Balaban J connectivity index is 1.90. The van der Waals surface area contributed by atoms with E-state index in [1.165, 1.54) is 4.31 Å². The van der Waals surface area contributed by atoms with Gasteiger partial charge in [-0.3, -0.25) is 4.79 Å². The summed E-state index contributed by atoms with van der Waals surface area (Å²) in [5.74, 6) is 0.642. The van der Waals surface area contributed by atoms with Crippen molar-refractivity contribution in [2.75, 3.05) is 65.8 Å². The van der Waals surface area contributed by atoms with Gasteiger partial charge in [0.05, 0.1) is 19.5 Å². The van der Waals surface area contributed by atoms with Crippen LogP contribution in [0.5, 0.6) is 5.75 Å². The van der Waals surface area contributed by atoms with E-state index in [2.05, 4.69) is 5.32 Å². The Hall–Kier alpha value is -1.68. The zero-order valence-corrected chi connectivity index (χ0v) is 17.5. The number of hydrogen-bond acceptors (Lipinski definition) is 6. The molecule has 1 fully saturated rings. The van der Waals surface area contributed by atoms with E-state index in [-0.39, 0.29) is 18.2 Å². The number of carbonyl (C=O) groups is 1. The highest BCUT2D eigenvalue weighted by atomic mass is 32.2. The van der Waals surface area contributed by atoms with Crippen LogP contribution in [-0.4, -0.2) is 89.4 Å². The maximum atomic E-state index is 12.7. The van der Waals surface area contributed by atoms with Crippen molar-refractivity contribution in [2.24, 2.45) is 0 Å². The zero-order valence-electron chi connectivity index (χ0n) is 16.7. The van der Waals surface area contributed by atoms with Crippen molar-refractivity contribution >= 4 is 15.9 Å². The molecule has 1 amide bonds. The minimum absolute atomic E-state index is 0.0645. The largest absolute Gasteiger partial charge is 0.497 e. The van der Waals surface area contributed by atoms with Gasteiger partial charge in [-0.25, -0.2) is 8.42 Å². The Morgan fingerprint density at radius 2 is 1.82 bits per heavy atom. The predicted molar refractivity (Wildman–Crippen MR) is 108 cm³/mol. The maximum Gasteiger partial charge on any atom is 0.223 e. The number of carbonyl (C=O) groups excluding carboxylic acids is 1. The third-order valence-corrected chi connectivity index (χ3v) is 6.64. The van der Waals surface area contributed by atoms with E-state index in [9.17, 15) is 13.2 Å². The maximum absolute atomic E-state index is 12.7. The van der Waals surface area contributed by atoms with Crippen LogP contribution in [0.15, 0.2) is 24.3 Å². The molecule has 1 N–H and O–H groups in total. The fraction of sp³-hybridized carbons (Fsp3) is 0.632. The van der Waals surface area contributed by atoms with E-state index >= 15 is 0 Å². The summed E-state index contributed by atoms with van der Waals surface area (Å²) in [6, 6.07) is 7.59. The smallest absolute Gasteiger partial charge is 0.223 e. The molecule has 28 heavy (non-hydrogen) atoms. The van der Waals surface area contributed by atoms with Crippen LogP contribution in [0, 0.1) is 0 Å². The zero-order chi connectivity index (χ0) is 20.4. The minimum Gasteiger partial charge on any atom is -0.497 e. The molecule has 1 aliphatic rings. The van der Waals surface area contributed by atoms with Crippen LogP contribution in [-0.2, 0) is 26.0 Å². The first-order chi connectivity index (χ1) is 13.5. The lowest BCUT2D eigenvalue weighted by Crippen LogP contribution is -2.48. The van der Waals surface area contributed by atoms with Crippen molar-refractivity contribution in [2.45, 2.75) is 12.8 Å². The van der Waals surface area contributed by atoms with Crippen molar-refractivity contribution in [3.8, 4) is 5.75 Å². The summed E-state index contributed by atoms with van der Waals surface area (Å²) in [7, 11) is -0.188. The highest BCUT2D eigenvalue weighted by Crippen LogP contribution is 2.13. The third kappa shape index (κ3) is 7.05. The summed E-state index contributed by atoms with van der Waals surface area (Å²) >= 11 is 0. The van der Waals surface area contributed by atoms with Crippen LogP contribution in [0.4, 0.5) is 0 Å². The quantitative estimate of drug-likeness (QED) is 0.563. The van der Waals surface area contributed by atoms with Crippen LogP contribution in [0.25, 0.3) is 0 Å². The van der Waals surface area contributed by atoms with Gasteiger partial charge in [-0.1, -0.05) is 12.1 Å².